The van der Waals surface area contributed by atoms with Crippen molar-refractivity contribution < 1.29 is 4.74 Å². The van der Waals surface area contributed by atoms with Crippen LogP contribution in [0.3, 0.4) is 0 Å². The van der Waals surface area contributed by atoms with Crippen LogP contribution in [0.5, 0.6) is 11.5 Å². The first kappa shape index (κ1) is 26.4. The molecule has 0 spiro atoms. The van der Waals surface area contributed by atoms with Crippen molar-refractivity contribution in [3.8, 4) is 33.9 Å². The first-order valence-electron chi connectivity index (χ1n) is 15.6. The predicted molar refractivity (Wildman–Crippen MR) is 186 cm³/mol. The Labute approximate surface area is 267 Å². The Morgan fingerprint density at radius 2 is 1.07 bits per heavy atom. The van der Waals surface area contributed by atoms with Crippen molar-refractivity contribution in [1.29, 1.82) is 0 Å². The molecule has 1 aliphatic rings. The van der Waals surface area contributed by atoms with E-state index < -0.39 is 5.41 Å². The summed E-state index contributed by atoms with van der Waals surface area (Å²) < 4.78 is 6.49. The van der Waals surface area contributed by atoms with Crippen LogP contribution in [0.25, 0.3) is 44.2 Å². The van der Waals surface area contributed by atoms with Gasteiger partial charge < -0.3 is 4.74 Å². The average molecular weight is 589 g/mol. The van der Waals surface area contributed by atoms with E-state index in [1.165, 1.54) is 11.1 Å². The summed E-state index contributed by atoms with van der Waals surface area (Å²) in [5, 5.41) is 2.19. The standard InChI is InChI=1S/C43H28N2O/c1-2-12-34(13-3-1)43(36-15-4-6-17-39(36)46-40-18-7-5-16-37(40)43)35-14-8-10-33(28-35)29-19-21-30(22-20-29)38-26-25-32-24-23-31-11-9-27-44-41(31)42(32)45-38/h1-28H. The molecular formula is C43H28N2O. The average Bonchev–Trinajstić information content (AvgIpc) is 3.14. The zero-order valence-corrected chi connectivity index (χ0v) is 25.0. The molecule has 0 bridgehead atoms. The maximum Gasteiger partial charge on any atom is 0.132 e. The van der Waals surface area contributed by atoms with E-state index >= 15 is 0 Å². The number of rotatable bonds is 4. The zero-order valence-electron chi connectivity index (χ0n) is 25.0. The fraction of sp³-hybridized carbons (Fsp3) is 0.0233. The molecule has 0 saturated carbocycles. The monoisotopic (exact) mass is 588 g/mol. The van der Waals surface area contributed by atoms with Crippen LogP contribution in [0.15, 0.2) is 170 Å². The largest absolute Gasteiger partial charge is 0.457 e. The SMILES string of the molecule is c1ccc(C2(c3cccc(-c4ccc(-c5ccc6ccc7cccnc7c6n5)cc4)c3)c3ccccc3Oc3ccccc32)cc1. The van der Waals surface area contributed by atoms with Crippen LogP contribution < -0.4 is 4.74 Å². The number of para-hydroxylation sites is 2. The molecule has 0 amide bonds. The first-order chi connectivity index (χ1) is 22.8. The van der Waals surface area contributed by atoms with Gasteiger partial charge in [-0.15, -0.1) is 0 Å². The zero-order chi connectivity index (χ0) is 30.5. The molecule has 3 heterocycles. The number of hydrogen-bond donors (Lipinski definition) is 0. The van der Waals surface area contributed by atoms with Gasteiger partial charge in [0.05, 0.1) is 22.1 Å². The molecule has 0 atom stereocenters. The third kappa shape index (κ3) is 4.06. The van der Waals surface area contributed by atoms with Crippen molar-refractivity contribution in [1.82, 2.24) is 9.97 Å². The van der Waals surface area contributed by atoms with Crippen LogP contribution in [0, 0.1) is 0 Å². The quantitative estimate of drug-likeness (QED) is 0.192. The van der Waals surface area contributed by atoms with Crippen molar-refractivity contribution in [3.63, 3.8) is 0 Å². The molecule has 0 radical (unpaired) electrons. The third-order valence-corrected chi connectivity index (χ3v) is 9.25. The summed E-state index contributed by atoms with van der Waals surface area (Å²) in [6.07, 6.45) is 1.83. The van der Waals surface area contributed by atoms with Crippen LogP contribution >= 0.6 is 0 Å². The summed E-state index contributed by atoms with van der Waals surface area (Å²) in [6.45, 7) is 0. The van der Waals surface area contributed by atoms with Crippen molar-refractivity contribution >= 4 is 21.8 Å². The maximum absolute atomic E-state index is 6.49. The molecule has 0 aliphatic carbocycles. The lowest BCUT2D eigenvalue weighted by molar-refractivity contribution is 0.434. The number of fused-ring (bicyclic) bond motifs is 5. The van der Waals surface area contributed by atoms with Gasteiger partial charge in [-0.05, 0) is 52.6 Å². The number of nitrogens with zero attached hydrogens (tertiary/aromatic N) is 2. The molecule has 0 unspecified atom stereocenters. The Bertz CT molecular complexity index is 2350. The summed E-state index contributed by atoms with van der Waals surface area (Å²) in [4.78, 5) is 9.69. The molecule has 1 aliphatic heterocycles. The molecule has 3 heteroatoms. The van der Waals surface area contributed by atoms with Gasteiger partial charge in [-0.3, -0.25) is 4.98 Å². The van der Waals surface area contributed by atoms with Gasteiger partial charge in [0.1, 0.15) is 11.5 Å². The summed E-state index contributed by atoms with van der Waals surface area (Å²) in [5.74, 6) is 1.76. The van der Waals surface area contributed by atoms with Gasteiger partial charge in [0.2, 0.25) is 0 Å². The van der Waals surface area contributed by atoms with Gasteiger partial charge in [0.15, 0.2) is 0 Å². The molecule has 216 valence electrons. The Morgan fingerprint density at radius 1 is 0.435 bits per heavy atom. The second-order valence-corrected chi connectivity index (χ2v) is 11.8. The van der Waals surface area contributed by atoms with E-state index in [1.807, 2.05) is 24.4 Å². The van der Waals surface area contributed by atoms with Crippen LogP contribution in [-0.2, 0) is 5.41 Å². The minimum absolute atomic E-state index is 0.547. The molecule has 3 nitrogen and oxygen atoms in total. The summed E-state index contributed by atoms with van der Waals surface area (Å²) in [6, 6.07) is 57.8. The van der Waals surface area contributed by atoms with Crippen LogP contribution in [0.1, 0.15) is 22.3 Å². The van der Waals surface area contributed by atoms with Crippen molar-refractivity contribution in [3.05, 3.63) is 192 Å². The molecule has 9 rings (SSSR count). The lowest BCUT2D eigenvalue weighted by atomic mass is 9.63. The van der Waals surface area contributed by atoms with Gasteiger partial charge in [-0.1, -0.05) is 133 Å². The molecule has 0 saturated heterocycles. The van der Waals surface area contributed by atoms with Crippen molar-refractivity contribution in [2.45, 2.75) is 5.41 Å². The van der Waals surface area contributed by atoms with Gasteiger partial charge in [0, 0.05) is 33.7 Å². The fourth-order valence-electron chi connectivity index (χ4n) is 7.12. The smallest absolute Gasteiger partial charge is 0.132 e. The minimum Gasteiger partial charge on any atom is -0.457 e. The lowest BCUT2D eigenvalue weighted by Crippen LogP contribution is -2.34. The molecule has 8 aromatic rings. The predicted octanol–water partition coefficient (Wildman–Crippen LogP) is 10.6. The highest BCUT2D eigenvalue weighted by Gasteiger charge is 2.45. The molecule has 6 aromatic carbocycles. The van der Waals surface area contributed by atoms with E-state index in [9.17, 15) is 0 Å². The molecular weight excluding hydrogens is 560 g/mol. The number of ether oxygens (including phenoxy) is 1. The molecule has 2 aromatic heterocycles. The van der Waals surface area contributed by atoms with Gasteiger partial charge in [-0.25, -0.2) is 4.98 Å². The van der Waals surface area contributed by atoms with E-state index in [0.29, 0.717) is 0 Å². The lowest BCUT2D eigenvalue weighted by Gasteiger charge is -2.41. The van der Waals surface area contributed by atoms with Crippen molar-refractivity contribution in [2.24, 2.45) is 0 Å². The molecule has 46 heavy (non-hydrogen) atoms. The Hall–Kier alpha value is -6.06. The summed E-state index contributed by atoms with van der Waals surface area (Å²) >= 11 is 0. The minimum atomic E-state index is -0.547. The number of aromatic nitrogens is 2. The van der Waals surface area contributed by atoms with Crippen LogP contribution in [0.4, 0.5) is 0 Å². The highest BCUT2D eigenvalue weighted by molar-refractivity contribution is 6.03. The van der Waals surface area contributed by atoms with Crippen LogP contribution in [-0.4, -0.2) is 9.97 Å². The van der Waals surface area contributed by atoms with Crippen LogP contribution in [0.2, 0.25) is 0 Å². The van der Waals surface area contributed by atoms with E-state index in [2.05, 4.69) is 151 Å². The molecule has 0 fully saturated rings. The highest BCUT2D eigenvalue weighted by Crippen LogP contribution is 2.55. The topological polar surface area (TPSA) is 35.0 Å². The Balaban J connectivity index is 1.17. The second kappa shape index (κ2) is 10.5. The fourth-order valence-corrected chi connectivity index (χ4v) is 7.12. The van der Waals surface area contributed by atoms with E-state index in [4.69, 9.17) is 9.72 Å². The number of pyridine rings is 2. The third-order valence-electron chi connectivity index (χ3n) is 9.25. The second-order valence-electron chi connectivity index (χ2n) is 11.8. The summed E-state index contributed by atoms with van der Waals surface area (Å²) in [5.41, 5.74) is 10.3. The van der Waals surface area contributed by atoms with Gasteiger partial charge in [-0.2, -0.15) is 0 Å². The Kier molecular flexibility index (Phi) is 6.04. The van der Waals surface area contributed by atoms with Gasteiger partial charge in [0.25, 0.3) is 0 Å². The van der Waals surface area contributed by atoms with Crippen molar-refractivity contribution in [2.75, 3.05) is 0 Å². The Morgan fingerprint density at radius 3 is 1.83 bits per heavy atom. The first-order valence-corrected chi connectivity index (χ1v) is 15.6. The number of benzene rings is 6. The highest BCUT2D eigenvalue weighted by atomic mass is 16.5. The number of hydrogen-bond acceptors (Lipinski definition) is 3. The maximum atomic E-state index is 6.49. The molecule has 0 N–H and O–H groups in total. The van der Waals surface area contributed by atoms with E-state index in [-0.39, 0.29) is 0 Å². The normalized spacial score (nSPS) is 13.1. The van der Waals surface area contributed by atoms with E-state index in [0.717, 1.165) is 66.8 Å². The van der Waals surface area contributed by atoms with E-state index in [1.54, 1.807) is 0 Å². The van der Waals surface area contributed by atoms with Gasteiger partial charge >= 0.3 is 0 Å². The summed E-state index contributed by atoms with van der Waals surface area (Å²) in [7, 11) is 0.